The summed E-state index contributed by atoms with van der Waals surface area (Å²) in [6.45, 7) is 7.12. The number of hydrogen-bond acceptors (Lipinski definition) is 1. The zero-order valence-corrected chi connectivity index (χ0v) is 14.6. The van der Waals surface area contributed by atoms with Crippen molar-refractivity contribution in [1.82, 2.24) is 0 Å². The molecule has 0 radical (unpaired) electrons. The maximum Gasteiger partial charge on any atom is 0.282 e. The Hall–Kier alpha value is -2.24. The predicted octanol–water partition coefficient (Wildman–Crippen LogP) is 0.136. The third-order valence-electron chi connectivity index (χ3n) is 5.01. The van der Waals surface area contributed by atoms with Crippen LogP contribution < -0.4 is 15.1 Å². The lowest BCUT2D eigenvalue weighted by atomic mass is 10.1. The van der Waals surface area contributed by atoms with Gasteiger partial charge >= 0.3 is 0 Å². The van der Waals surface area contributed by atoms with Gasteiger partial charge in [-0.1, -0.05) is 30.3 Å². The first kappa shape index (κ1) is 17.6. The molecule has 1 aliphatic heterocycles. The first-order valence-corrected chi connectivity index (χ1v) is 8.90. The lowest BCUT2D eigenvalue weighted by molar-refractivity contribution is -1.02. The molecule has 3 rings (SSSR count). The molecule has 2 aromatic rings. The molecule has 1 saturated heterocycles. The number of carbonyl (C=O) groups is 1. The molecule has 1 amide bonds. The molecule has 0 spiro atoms. The molecule has 0 aliphatic carbocycles. The Morgan fingerprint density at radius 2 is 1.68 bits per heavy atom. The summed E-state index contributed by atoms with van der Waals surface area (Å²) < 4.78 is 12.9. The zero-order chi connectivity index (χ0) is 17.6. The minimum atomic E-state index is -0.297. The van der Waals surface area contributed by atoms with E-state index < -0.39 is 0 Å². The third kappa shape index (κ3) is 4.87. The van der Waals surface area contributed by atoms with Gasteiger partial charge in [-0.2, -0.15) is 0 Å². The highest BCUT2D eigenvalue weighted by atomic mass is 19.1. The SMILES string of the molecule is C[C@H](C(=O)Nc1ccc(F)cc1)[NH+]1CC[NH+](Cc2ccccc2)CC1. The van der Waals surface area contributed by atoms with Crippen LogP contribution >= 0.6 is 0 Å². The molecule has 1 fully saturated rings. The van der Waals surface area contributed by atoms with Crippen LogP contribution in [0, 0.1) is 5.82 Å². The van der Waals surface area contributed by atoms with Gasteiger partial charge in [0.2, 0.25) is 0 Å². The number of halogens is 1. The first-order chi connectivity index (χ1) is 12.1. The largest absolute Gasteiger partial charge is 0.322 e. The highest BCUT2D eigenvalue weighted by Crippen LogP contribution is 2.08. The molecule has 0 saturated carbocycles. The highest BCUT2D eigenvalue weighted by Gasteiger charge is 2.31. The fraction of sp³-hybridized carbons (Fsp3) is 0.350. The summed E-state index contributed by atoms with van der Waals surface area (Å²) >= 11 is 0. The Morgan fingerprint density at radius 3 is 2.32 bits per heavy atom. The molecule has 4 nitrogen and oxygen atoms in total. The average Bonchev–Trinajstić information content (AvgIpc) is 2.64. The highest BCUT2D eigenvalue weighted by molar-refractivity contribution is 5.93. The van der Waals surface area contributed by atoms with Crippen molar-refractivity contribution in [1.29, 1.82) is 0 Å². The van der Waals surface area contributed by atoms with Crippen molar-refractivity contribution in [2.45, 2.75) is 19.5 Å². The number of quaternary nitrogens is 2. The van der Waals surface area contributed by atoms with Crippen molar-refractivity contribution in [3.63, 3.8) is 0 Å². The van der Waals surface area contributed by atoms with Crippen molar-refractivity contribution in [3.05, 3.63) is 66.0 Å². The van der Waals surface area contributed by atoms with E-state index in [1.54, 1.807) is 17.0 Å². The second-order valence-corrected chi connectivity index (χ2v) is 6.79. The molecular formula is C20H26FN3O+2. The van der Waals surface area contributed by atoms with Crippen molar-refractivity contribution >= 4 is 11.6 Å². The fourth-order valence-corrected chi connectivity index (χ4v) is 3.39. The van der Waals surface area contributed by atoms with Crippen LogP contribution in [0.2, 0.25) is 0 Å². The van der Waals surface area contributed by atoms with Crippen LogP contribution in [0.1, 0.15) is 12.5 Å². The summed E-state index contributed by atoms with van der Waals surface area (Å²) in [5, 5.41) is 2.88. The van der Waals surface area contributed by atoms with Gasteiger partial charge in [0, 0.05) is 11.3 Å². The van der Waals surface area contributed by atoms with E-state index in [4.69, 9.17) is 0 Å². The molecule has 5 heteroatoms. The Kier molecular flexibility index (Phi) is 5.79. The fourth-order valence-electron chi connectivity index (χ4n) is 3.39. The maximum atomic E-state index is 12.9. The van der Waals surface area contributed by atoms with Gasteiger partial charge in [-0.15, -0.1) is 0 Å². The molecule has 3 N–H and O–H groups in total. The van der Waals surface area contributed by atoms with E-state index in [0.29, 0.717) is 5.69 Å². The second-order valence-electron chi connectivity index (χ2n) is 6.79. The summed E-state index contributed by atoms with van der Waals surface area (Å²) in [4.78, 5) is 15.3. The number of carbonyl (C=O) groups excluding carboxylic acids is 1. The molecule has 132 valence electrons. The van der Waals surface area contributed by atoms with E-state index in [-0.39, 0.29) is 17.8 Å². The first-order valence-electron chi connectivity index (χ1n) is 8.90. The minimum absolute atomic E-state index is 0.00637. The molecule has 0 unspecified atom stereocenters. The minimum Gasteiger partial charge on any atom is -0.322 e. The Morgan fingerprint density at radius 1 is 1.04 bits per heavy atom. The van der Waals surface area contributed by atoms with Gasteiger partial charge in [-0.05, 0) is 31.2 Å². The predicted molar refractivity (Wildman–Crippen MR) is 96.0 cm³/mol. The number of benzene rings is 2. The topological polar surface area (TPSA) is 38.0 Å². The number of anilines is 1. The zero-order valence-electron chi connectivity index (χ0n) is 14.6. The van der Waals surface area contributed by atoms with Gasteiger partial charge in [0.05, 0.1) is 0 Å². The lowest BCUT2D eigenvalue weighted by Gasteiger charge is -2.32. The Labute approximate surface area is 148 Å². The summed E-state index contributed by atoms with van der Waals surface area (Å²) in [6, 6.07) is 16.4. The van der Waals surface area contributed by atoms with E-state index in [1.807, 2.05) is 13.0 Å². The number of hydrogen-bond donors (Lipinski definition) is 3. The van der Waals surface area contributed by atoms with Gasteiger partial charge in [0.1, 0.15) is 38.5 Å². The van der Waals surface area contributed by atoms with Gasteiger partial charge in [0.15, 0.2) is 6.04 Å². The average molecular weight is 343 g/mol. The van der Waals surface area contributed by atoms with Crippen molar-refractivity contribution in [2.24, 2.45) is 0 Å². The number of rotatable bonds is 5. The quantitative estimate of drug-likeness (QED) is 0.710. The molecule has 2 aromatic carbocycles. The van der Waals surface area contributed by atoms with Crippen LogP contribution in [0.25, 0.3) is 0 Å². The van der Waals surface area contributed by atoms with Crippen molar-refractivity contribution in [2.75, 3.05) is 31.5 Å². The Bertz CT molecular complexity index is 682. The van der Waals surface area contributed by atoms with E-state index in [1.165, 1.54) is 22.6 Å². The molecular weight excluding hydrogens is 317 g/mol. The van der Waals surface area contributed by atoms with Crippen LogP contribution in [0.15, 0.2) is 54.6 Å². The van der Waals surface area contributed by atoms with E-state index in [0.717, 1.165) is 32.7 Å². The number of piperazine rings is 1. The van der Waals surface area contributed by atoms with E-state index >= 15 is 0 Å². The van der Waals surface area contributed by atoms with Crippen LogP contribution in [0.5, 0.6) is 0 Å². The summed E-state index contributed by atoms with van der Waals surface area (Å²) in [5.74, 6) is -0.303. The van der Waals surface area contributed by atoms with Crippen molar-refractivity contribution in [3.8, 4) is 0 Å². The molecule has 1 atom stereocenters. The molecule has 0 aromatic heterocycles. The van der Waals surface area contributed by atoms with Crippen LogP contribution in [0.4, 0.5) is 10.1 Å². The van der Waals surface area contributed by atoms with Crippen LogP contribution in [-0.2, 0) is 11.3 Å². The molecule has 25 heavy (non-hydrogen) atoms. The van der Waals surface area contributed by atoms with Gasteiger partial charge in [-0.25, -0.2) is 4.39 Å². The van der Waals surface area contributed by atoms with Crippen molar-refractivity contribution < 1.29 is 19.0 Å². The number of nitrogens with one attached hydrogen (secondary N) is 3. The van der Waals surface area contributed by atoms with Crippen LogP contribution in [0.3, 0.4) is 0 Å². The third-order valence-corrected chi connectivity index (χ3v) is 5.01. The second kappa shape index (κ2) is 8.23. The lowest BCUT2D eigenvalue weighted by Crippen LogP contribution is -3.29. The van der Waals surface area contributed by atoms with E-state index in [9.17, 15) is 9.18 Å². The smallest absolute Gasteiger partial charge is 0.282 e. The summed E-state index contributed by atoms with van der Waals surface area (Å²) in [6.07, 6.45) is 0. The van der Waals surface area contributed by atoms with Gasteiger partial charge in [0.25, 0.3) is 5.91 Å². The van der Waals surface area contributed by atoms with Gasteiger partial charge < -0.3 is 15.1 Å². The standard InChI is InChI=1S/C20H24FN3O/c1-16(20(25)22-19-9-7-18(21)8-10-19)24-13-11-23(12-14-24)15-17-5-3-2-4-6-17/h2-10,16H,11-15H2,1H3,(H,22,25)/p+2/t16-/m1/s1. The number of amides is 1. The van der Waals surface area contributed by atoms with Gasteiger partial charge in [-0.3, -0.25) is 4.79 Å². The molecule has 1 aliphatic rings. The van der Waals surface area contributed by atoms with E-state index in [2.05, 4.69) is 29.6 Å². The molecule has 0 bridgehead atoms. The molecule has 1 heterocycles. The maximum absolute atomic E-state index is 12.9. The summed E-state index contributed by atoms with van der Waals surface area (Å²) in [5.41, 5.74) is 2.01. The Balaban J connectivity index is 1.48. The summed E-state index contributed by atoms with van der Waals surface area (Å²) in [7, 11) is 0. The monoisotopic (exact) mass is 343 g/mol. The normalized spacial score (nSPS) is 21.5. The van der Waals surface area contributed by atoms with Crippen LogP contribution in [-0.4, -0.2) is 38.1 Å².